The van der Waals surface area contributed by atoms with Crippen LogP contribution in [-0.4, -0.2) is 14.5 Å². The molecule has 0 radical (unpaired) electrons. The normalized spacial score (nSPS) is 12.1. The molecule has 3 heterocycles. The standard InChI is InChI=1S/C52H33N3S/c1-30-27-33-14-3-4-15-34(33)28-41(30)47-31(2)51-48(39-19-8-7-18-38(39)47)40-20-9-11-21-44(40)55(51)52-49(53-43-25-23-32-13-5-6-16-36(32)50(43)54-52)35-24-26-46-42(29-35)37-17-10-12-22-45(37)56-46/h3-29H,1-2H3. The van der Waals surface area contributed by atoms with Gasteiger partial charge in [-0.05, 0) is 99.4 Å². The molecule has 3 nitrogen and oxygen atoms in total. The number of aromatic nitrogens is 3. The number of rotatable bonds is 3. The van der Waals surface area contributed by atoms with Crippen LogP contribution in [0.5, 0.6) is 0 Å². The number of nitrogens with zero attached hydrogens (tertiary/aromatic N) is 3. The van der Waals surface area contributed by atoms with E-state index < -0.39 is 0 Å². The van der Waals surface area contributed by atoms with Crippen LogP contribution < -0.4 is 0 Å². The summed E-state index contributed by atoms with van der Waals surface area (Å²) in [5, 5.41) is 12.2. The molecule has 0 spiro atoms. The first-order valence-corrected chi connectivity index (χ1v) is 20.0. The third-order valence-electron chi connectivity index (χ3n) is 11.8. The van der Waals surface area contributed by atoms with Crippen LogP contribution in [0.25, 0.3) is 114 Å². The quantitative estimate of drug-likeness (QED) is 0.169. The highest BCUT2D eigenvalue weighted by molar-refractivity contribution is 7.25. The monoisotopic (exact) mass is 731 g/mol. The van der Waals surface area contributed by atoms with Crippen molar-refractivity contribution in [1.82, 2.24) is 14.5 Å². The minimum absolute atomic E-state index is 0.832. The first-order valence-electron chi connectivity index (χ1n) is 19.2. The Bertz CT molecular complexity index is 3630. The number of benzene rings is 9. The number of aryl methyl sites for hydroxylation is 2. The van der Waals surface area contributed by atoms with Crippen LogP contribution in [0, 0.1) is 13.8 Å². The minimum Gasteiger partial charge on any atom is -0.292 e. The molecular formula is C52H33N3S. The smallest absolute Gasteiger partial charge is 0.165 e. The highest BCUT2D eigenvalue weighted by Gasteiger charge is 2.25. The Labute approximate surface area is 326 Å². The zero-order valence-corrected chi connectivity index (χ0v) is 31.7. The van der Waals surface area contributed by atoms with E-state index in [-0.39, 0.29) is 0 Å². The molecule has 0 saturated heterocycles. The van der Waals surface area contributed by atoms with E-state index in [4.69, 9.17) is 9.97 Å². The fourth-order valence-electron chi connectivity index (χ4n) is 9.30. The van der Waals surface area contributed by atoms with E-state index in [1.165, 1.54) is 74.7 Å². The molecule has 9 aromatic carbocycles. The van der Waals surface area contributed by atoms with Gasteiger partial charge in [-0.15, -0.1) is 11.3 Å². The Morgan fingerprint density at radius 3 is 2.00 bits per heavy atom. The third kappa shape index (κ3) is 4.45. The van der Waals surface area contributed by atoms with Crippen molar-refractivity contribution in [3.05, 3.63) is 175 Å². The first kappa shape index (κ1) is 31.5. The van der Waals surface area contributed by atoms with Crippen molar-refractivity contribution in [1.29, 1.82) is 0 Å². The molecule has 0 N–H and O–H groups in total. The maximum atomic E-state index is 5.74. The predicted octanol–water partition coefficient (Wildman–Crippen LogP) is 14.5. The van der Waals surface area contributed by atoms with Gasteiger partial charge < -0.3 is 0 Å². The van der Waals surface area contributed by atoms with Crippen molar-refractivity contribution in [2.24, 2.45) is 0 Å². The van der Waals surface area contributed by atoms with E-state index in [1.807, 2.05) is 11.3 Å². The average Bonchev–Trinajstić information content (AvgIpc) is 3.79. The molecule has 0 bridgehead atoms. The van der Waals surface area contributed by atoms with Crippen LogP contribution in [-0.2, 0) is 0 Å². The summed E-state index contributed by atoms with van der Waals surface area (Å²) in [4.78, 5) is 11.3. The number of para-hydroxylation sites is 1. The van der Waals surface area contributed by atoms with Crippen molar-refractivity contribution in [2.45, 2.75) is 13.8 Å². The van der Waals surface area contributed by atoms with Gasteiger partial charge in [-0.1, -0.05) is 127 Å². The van der Waals surface area contributed by atoms with E-state index in [0.717, 1.165) is 49.9 Å². The van der Waals surface area contributed by atoms with Crippen LogP contribution >= 0.6 is 11.3 Å². The second-order valence-corrected chi connectivity index (χ2v) is 16.1. The molecule has 3 aromatic heterocycles. The topological polar surface area (TPSA) is 30.7 Å². The first-order chi connectivity index (χ1) is 27.6. The number of hydrogen-bond donors (Lipinski definition) is 0. The van der Waals surface area contributed by atoms with Gasteiger partial charge in [0.05, 0.1) is 22.1 Å². The van der Waals surface area contributed by atoms with Gasteiger partial charge in [-0.2, -0.15) is 0 Å². The van der Waals surface area contributed by atoms with Crippen LogP contribution in [0.3, 0.4) is 0 Å². The molecule has 0 atom stereocenters. The second-order valence-electron chi connectivity index (χ2n) is 15.0. The summed E-state index contributed by atoms with van der Waals surface area (Å²) in [5.74, 6) is 0.832. The van der Waals surface area contributed by atoms with Gasteiger partial charge in [-0.25, -0.2) is 9.97 Å². The van der Waals surface area contributed by atoms with Gasteiger partial charge in [0.1, 0.15) is 5.69 Å². The maximum Gasteiger partial charge on any atom is 0.165 e. The maximum absolute atomic E-state index is 5.74. The molecule has 0 aliphatic carbocycles. The van der Waals surface area contributed by atoms with Gasteiger partial charge in [-0.3, -0.25) is 4.57 Å². The largest absolute Gasteiger partial charge is 0.292 e. The Morgan fingerprint density at radius 2 is 1.16 bits per heavy atom. The van der Waals surface area contributed by atoms with Gasteiger partial charge in [0.25, 0.3) is 0 Å². The molecular weight excluding hydrogens is 699 g/mol. The van der Waals surface area contributed by atoms with E-state index >= 15 is 0 Å². The summed E-state index contributed by atoms with van der Waals surface area (Å²) < 4.78 is 4.98. The van der Waals surface area contributed by atoms with Gasteiger partial charge in [0, 0.05) is 41.9 Å². The zero-order valence-electron chi connectivity index (χ0n) is 30.8. The van der Waals surface area contributed by atoms with Crippen molar-refractivity contribution in [3.63, 3.8) is 0 Å². The van der Waals surface area contributed by atoms with Gasteiger partial charge in [0.15, 0.2) is 5.82 Å². The van der Waals surface area contributed by atoms with Gasteiger partial charge in [0.2, 0.25) is 0 Å². The minimum atomic E-state index is 0.832. The molecule has 56 heavy (non-hydrogen) atoms. The highest BCUT2D eigenvalue weighted by Crippen LogP contribution is 2.47. The second kappa shape index (κ2) is 11.8. The lowest BCUT2D eigenvalue weighted by atomic mass is 9.87. The van der Waals surface area contributed by atoms with Crippen molar-refractivity contribution < 1.29 is 0 Å². The lowest BCUT2D eigenvalue weighted by molar-refractivity contribution is 1.08. The molecule has 0 aliphatic heterocycles. The fraction of sp³-hybridized carbons (Fsp3) is 0.0385. The number of thiophene rings is 1. The molecule has 12 rings (SSSR count). The highest BCUT2D eigenvalue weighted by atomic mass is 32.1. The SMILES string of the molecule is Cc1cc2ccccc2cc1-c1c(C)c2c(c3ccccc13)c1ccccc1n2-c1nc2c(ccc3ccccc32)nc1-c1ccc2sc3ccccc3c2c1. The summed E-state index contributed by atoms with van der Waals surface area (Å²) in [5.41, 5.74) is 11.0. The van der Waals surface area contributed by atoms with Crippen LogP contribution in [0.4, 0.5) is 0 Å². The molecule has 0 aliphatic rings. The predicted molar refractivity (Wildman–Crippen MR) is 240 cm³/mol. The summed E-state index contributed by atoms with van der Waals surface area (Å²) >= 11 is 1.84. The van der Waals surface area contributed by atoms with Crippen LogP contribution in [0.1, 0.15) is 11.1 Å². The zero-order chi connectivity index (χ0) is 37.1. The van der Waals surface area contributed by atoms with Gasteiger partial charge >= 0.3 is 0 Å². The molecule has 262 valence electrons. The van der Waals surface area contributed by atoms with E-state index in [9.17, 15) is 0 Å². The molecule has 0 unspecified atom stereocenters. The van der Waals surface area contributed by atoms with E-state index in [0.29, 0.717) is 0 Å². The third-order valence-corrected chi connectivity index (χ3v) is 13.0. The molecule has 4 heteroatoms. The van der Waals surface area contributed by atoms with Crippen LogP contribution in [0.15, 0.2) is 164 Å². The fourth-order valence-corrected chi connectivity index (χ4v) is 10.4. The van der Waals surface area contributed by atoms with Crippen molar-refractivity contribution in [2.75, 3.05) is 0 Å². The molecule has 12 aromatic rings. The molecule has 0 fully saturated rings. The summed E-state index contributed by atoms with van der Waals surface area (Å²) in [6.45, 7) is 4.55. The Morgan fingerprint density at radius 1 is 0.500 bits per heavy atom. The number of hydrogen-bond acceptors (Lipinski definition) is 3. The van der Waals surface area contributed by atoms with E-state index in [2.05, 4.69) is 182 Å². The summed E-state index contributed by atoms with van der Waals surface area (Å²) in [6, 6.07) is 59.5. The Kier molecular flexibility index (Phi) is 6.64. The Hall–Kier alpha value is -6.88. The van der Waals surface area contributed by atoms with E-state index in [1.54, 1.807) is 0 Å². The molecule has 0 saturated carbocycles. The van der Waals surface area contributed by atoms with Crippen molar-refractivity contribution >= 4 is 96.7 Å². The average molecular weight is 732 g/mol. The number of fused-ring (bicyclic) bond motifs is 12. The lowest BCUT2D eigenvalue weighted by Gasteiger charge is -2.19. The molecule has 0 amide bonds. The van der Waals surface area contributed by atoms with Crippen LogP contribution in [0.2, 0.25) is 0 Å². The lowest BCUT2D eigenvalue weighted by Crippen LogP contribution is -2.05. The summed E-state index contributed by atoms with van der Waals surface area (Å²) in [7, 11) is 0. The Balaban J connectivity index is 1.27. The summed E-state index contributed by atoms with van der Waals surface area (Å²) in [6.07, 6.45) is 0. The van der Waals surface area contributed by atoms with Crippen molar-refractivity contribution in [3.8, 4) is 28.2 Å².